The highest BCUT2D eigenvalue weighted by atomic mass is 16.6. The molecule has 3 aromatic heterocycles. The molecule has 0 unspecified atom stereocenters. The smallest absolute Gasteiger partial charge is 0.407 e. The Morgan fingerprint density at radius 3 is 1.30 bits per heavy atom. The third kappa shape index (κ3) is 23.9. The lowest BCUT2D eigenvalue weighted by molar-refractivity contribution is -0.156. The molecule has 1 N–H and O–H groups in total. The van der Waals surface area contributed by atoms with Gasteiger partial charge in [-0.05, 0) is 139 Å². The number of aromatic nitrogens is 3. The zero-order valence-electron chi connectivity index (χ0n) is 50.8. The first-order chi connectivity index (χ1) is 38.6. The number of carbonyl (C=O) groups excluding carboxylic acids is 3. The molecule has 6 rings (SSSR count). The third-order valence-corrected chi connectivity index (χ3v) is 11.8. The Hall–Kier alpha value is -7.50. The highest BCUT2D eigenvalue weighted by Crippen LogP contribution is 2.26. The SMILES string of the molecule is CCOc1ccc(C#Cc2cc3nc(c2)CN(CC(C)(C)C)Cc2cc(OCCCNC(=O)OC(C)(C)C)cc(n2)CN(CC(=O)OC(C)(C)C)Cc2cc(C#Cc4ccc(OCC(=O)OC)cc4)cc(n2)CN(CC(C)(C)C)C3)cc1. The van der Waals surface area contributed by atoms with Crippen LogP contribution in [0.5, 0.6) is 17.2 Å². The van der Waals surface area contributed by atoms with E-state index in [2.05, 4.69) is 92.5 Å². The van der Waals surface area contributed by atoms with Crippen LogP contribution in [0, 0.1) is 34.5 Å². The molecular formula is C66H85N7O9. The molecule has 0 radical (unpaired) electrons. The summed E-state index contributed by atoms with van der Waals surface area (Å²) in [6.07, 6.45) is 0.0375. The van der Waals surface area contributed by atoms with Crippen LogP contribution in [0.4, 0.5) is 4.79 Å². The van der Waals surface area contributed by atoms with Gasteiger partial charge in [0.25, 0.3) is 0 Å². The Balaban J connectivity index is 1.49. The number of amides is 1. The highest BCUT2D eigenvalue weighted by Gasteiger charge is 2.25. The lowest BCUT2D eigenvalue weighted by Gasteiger charge is -2.31. The van der Waals surface area contributed by atoms with Crippen molar-refractivity contribution in [1.29, 1.82) is 0 Å². The Bertz CT molecular complexity index is 3070. The van der Waals surface area contributed by atoms with Crippen LogP contribution in [0.25, 0.3) is 0 Å². The van der Waals surface area contributed by atoms with E-state index in [-0.39, 0.29) is 43.0 Å². The van der Waals surface area contributed by atoms with Gasteiger partial charge in [0, 0.05) is 93.3 Å². The molecule has 0 aliphatic carbocycles. The van der Waals surface area contributed by atoms with E-state index in [9.17, 15) is 14.4 Å². The van der Waals surface area contributed by atoms with Crippen LogP contribution in [-0.4, -0.2) is 112 Å². The molecule has 1 aliphatic heterocycles. The predicted molar refractivity (Wildman–Crippen MR) is 318 cm³/mol. The van der Waals surface area contributed by atoms with Crippen LogP contribution in [0.2, 0.25) is 0 Å². The van der Waals surface area contributed by atoms with Crippen LogP contribution in [0.1, 0.15) is 153 Å². The van der Waals surface area contributed by atoms with Crippen molar-refractivity contribution < 1.29 is 42.8 Å². The van der Waals surface area contributed by atoms with E-state index in [0.717, 1.165) is 57.3 Å². The number of nitrogens with zero attached hydrogens (tertiary/aromatic N) is 6. The molecule has 1 aliphatic rings. The molecule has 1 amide bonds. The molecule has 6 bridgehead atoms. The van der Waals surface area contributed by atoms with Crippen molar-refractivity contribution in [2.45, 2.75) is 147 Å². The Kier molecular flexibility index (Phi) is 22.5. The lowest BCUT2D eigenvalue weighted by Crippen LogP contribution is -2.35. The Labute approximate surface area is 487 Å². The van der Waals surface area contributed by atoms with Crippen molar-refractivity contribution in [3.05, 3.63) is 141 Å². The van der Waals surface area contributed by atoms with Gasteiger partial charge in [0.1, 0.15) is 28.5 Å². The van der Waals surface area contributed by atoms with E-state index < -0.39 is 23.3 Å². The number of nitrogens with one attached hydrogen (secondary N) is 1. The second-order valence-electron chi connectivity index (χ2n) is 25.1. The molecule has 0 fully saturated rings. The van der Waals surface area contributed by atoms with Gasteiger partial charge in [-0.1, -0.05) is 65.2 Å². The predicted octanol–water partition coefficient (Wildman–Crippen LogP) is 10.7. The van der Waals surface area contributed by atoms with Gasteiger partial charge >= 0.3 is 18.0 Å². The van der Waals surface area contributed by atoms with Crippen molar-refractivity contribution >= 4 is 18.0 Å². The van der Waals surface area contributed by atoms with Crippen LogP contribution in [0.15, 0.2) is 84.9 Å². The number of methoxy groups -OCH3 is 1. The van der Waals surface area contributed by atoms with Crippen molar-refractivity contribution in [3.8, 4) is 40.9 Å². The summed E-state index contributed by atoms with van der Waals surface area (Å²) in [5.41, 5.74) is 6.30. The second-order valence-corrected chi connectivity index (χ2v) is 25.1. The maximum absolute atomic E-state index is 13.9. The summed E-state index contributed by atoms with van der Waals surface area (Å²) in [5.74, 6) is 14.6. The van der Waals surface area contributed by atoms with Crippen molar-refractivity contribution in [2.75, 3.05) is 53.1 Å². The molecular weight excluding hydrogens is 1030 g/mol. The van der Waals surface area contributed by atoms with Gasteiger partial charge in [-0.2, -0.15) is 0 Å². The molecule has 0 spiro atoms. The first kappa shape index (κ1) is 63.7. The molecule has 5 aromatic rings. The summed E-state index contributed by atoms with van der Waals surface area (Å²) in [7, 11) is 1.32. The van der Waals surface area contributed by atoms with E-state index >= 15 is 0 Å². The summed E-state index contributed by atoms with van der Waals surface area (Å²) in [6, 6.07) is 27.1. The van der Waals surface area contributed by atoms with Gasteiger partial charge in [-0.15, -0.1) is 0 Å². The molecule has 0 atom stereocenters. The number of alkyl carbamates (subject to hydrolysis) is 1. The van der Waals surface area contributed by atoms with Crippen molar-refractivity contribution in [2.24, 2.45) is 10.8 Å². The summed E-state index contributed by atoms with van der Waals surface area (Å²) >= 11 is 0. The zero-order chi connectivity index (χ0) is 59.7. The maximum atomic E-state index is 13.9. The number of esters is 2. The fourth-order valence-electron chi connectivity index (χ4n) is 9.10. The van der Waals surface area contributed by atoms with Crippen LogP contribution < -0.4 is 19.5 Å². The molecule has 16 nitrogen and oxygen atoms in total. The fourth-order valence-corrected chi connectivity index (χ4v) is 9.10. The third-order valence-electron chi connectivity index (χ3n) is 11.8. The monoisotopic (exact) mass is 1120 g/mol. The number of hydrogen-bond donors (Lipinski definition) is 1. The quantitative estimate of drug-likeness (QED) is 0.0482. The number of pyridine rings is 3. The molecule has 4 heterocycles. The number of ether oxygens (including phenoxy) is 6. The van der Waals surface area contributed by atoms with Crippen molar-refractivity contribution in [3.63, 3.8) is 0 Å². The molecule has 82 heavy (non-hydrogen) atoms. The molecule has 2 aromatic carbocycles. The van der Waals surface area contributed by atoms with E-state index in [4.69, 9.17) is 43.4 Å². The first-order valence-electron chi connectivity index (χ1n) is 28.2. The van der Waals surface area contributed by atoms with Gasteiger partial charge in [0.05, 0.1) is 61.0 Å². The normalized spacial score (nSPS) is 13.9. The van der Waals surface area contributed by atoms with E-state index in [0.29, 0.717) is 81.8 Å². The van der Waals surface area contributed by atoms with E-state index in [1.807, 2.05) is 114 Å². The Morgan fingerprint density at radius 1 is 0.500 bits per heavy atom. The summed E-state index contributed by atoms with van der Waals surface area (Å²) < 4.78 is 33.9. The number of hydrogen-bond acceptors (Lipinski definition) is 15. The molecule has 438 valence electrons. The fraction of sp³-hybridized carbons (Fsp3) is 0.485. The second kappa shape index (κ2) is 29.0. The molecule has 16 heteroatoms. The standard InChI is InChI=1S/C66H85N7O9/c1-15-78-57-25-21-47(22-26-57)17-20-50-33-53-40-72(45-63(2,3)4)39-52-32-49(19-18-48-23-27-58(28-24-48)80-44-61(75)77-14)31-51(68-52)37-71(43-60(74)81-65(8,9)10)38-55-35-59(79-30-16-29-67-62(76)82-66(11,12)13)36-56(70-55)42-73(46-64(5,6)7)41-54(34-50)69-53/h21-28,31-36H,15-16,29-30,37-46H2,1-14H3,(H,67,76). The average molecular weight is 1120 g/mol. The number of carbonyl (C=O) groups is 3. The van der Waals surface area contributed by atoms with Gasteiger partial charge < -0.3 is 33.7 Å². The van der Waals surface area contributed by atoms with Crippen LogP contribution in [-0.2, 0) is 63.1 Å². The van der Waals surface area contributed by atoms with Gasteiger partial charge in [-0.25, -0.2) is 9.59 Å². The van der Waals surface area contributed by atoms with Crippen LogP contribution in [0.3, 0.4) is 0 Å². The zero-order valence-corrected chi connectivity index (χ0v) is 50.8. The number of fused-ring (bicyclic) bond motifs is 6. The average Bonchev–Trinajstić information content (AvgIpc) is 3.41. The highest BCUT2D eigenvalue weighted by molar-refractivity contribution is 5.72. The van der Waals surface area contributed by atoms with Gasteiger partial charge in [0.15, 0.2) is 6.61 Å². The van der Waals surface area contributed by atoms with E-state index in [1.54, 1.807) is 12.1 Å². The van der Waals surface area contributed by atoms with Gasteiger partial charge in [-0.3, -0.25) is 34.4 Å². The lowest BCUT2D eigenvalue weighted by atomic mass is 9.95. The summed E-state index contributed by atoms with van der Waals surface area (Å²) in [4.78, 5) is 60.9. The maximum Gasteiger partial charge on any atom is 0.407 e. The summed E-state index contributed by atoms with van der Waals surface area (Å²) in [6.45, 7) is 31.2. The largest absolute Gasteiger partial charge is 0.494 e. The Morgan fingerprint density at radius 2 is 0.902 bits per heavy atom. The molecule has 0 saturated heterocycles. The van der Waals surface area contributed by atoms with Crippen molar-refractivity contribution in [1.82, 2.24) is 35.0 Å². The minimum atomic E-state index is -0.721. The first-order valence-corrected chi connectivity index (χ1v) is 28.2. The van der Waals surface area contributed by atoms with Crippen LogP contribution >= 0.6 is 0 Å². The van der Waals surface area contributed by atoms with E-state index in [1.165, 1.54) is 7.11 Å². The number of rotatable bonds is 14. The topological polar surface area (TPSA) is 167 Å². The minimum absolute atomic E-state index is 0.0521. The molecule has 0 saturated carbocycles. The number of benzene rings is 2. The minimum Gasteiger partial charge on any atom is -0.494 e. The van der Waals surface area contributed by atoms with Gasteiger partial charge in [0.2, 0.25) is 0 Å². The summed E-state index contributed by atoms with van der Waals surface area (Å²) in [5, 5.41) is 2.82.